The molecular weight excluding hydrogens is 240 g/mol. The van der Waals surface area contributed by atoms with Gasteiger partial charge in [0.15, 0.2) is 5.78 Å². The van der Waals surface area contributed by atoms with Gasteiger partial charge in [-0.1, -0.05) is 0 Å². The zero-order valence-electron chi connectivity index (χ0n) is 10.2. The summed E-state index contributed by atoms with van der Waals surface area (Å²) in [6, 6.07) is 3.04. The summed E-state index contributed by atoms with van der Waals surface area (Å²) < 4.78 is 31.7. The smallest absolute Gasteiger partial charge is 0.179 e. The first kappa shape index (κ1) is 13.1. The number of ketones is 1. The lowest BCUT2D eigenvalue weighted by Crippen LogP contribution is -2.46. The van der Waals surface area contributed by atoms with Crippen LogP contribution in [0.3, 0.4) is 0 Å². The van der Waals surface area contributed by atoms with Gasteiger partial charge in [0.05, 0.1) is 25.3 Å². The summed E-state index contributed by atoms with van der Waals surface area (Å²) in [7, 11) is 0. The van der Waals surface area contributed by atoms with E-state index in [-0.39, 0.29) is 18.2 Å². The lowest BCUT2D eigenvalue weighted by Gasteiger charge is -2.32. The molecule has 0 amide bonds. The van der Waals surface area contributed by atoms with E-state index in [0.717, 1.165) is 18.2 Å². The largest absolute Gasteiger partial charge is 0.379 e. The summed E-state index contributed by atoms with van der Waals surface area (Å²) in [6.45, 7) is 3.77. The molecule has 0 radical (unpaired) electrons. The minimum atomic E-state index is -0.678. The molecule has 3 nitrogen and oxygen atoms in total. The molecule has 0 spiro atoms. The summed E-state index contributed by atoms with van der Waals surface area (Å²) in [5, 5.41) is 0. The third-order valence-electron chi connectivity index (χ3n) is 3.08. The van der Waals surface area contributed by atoms with E-state index < -0.39 is 17.4 Å². The molecule has 2 rings (SSSR count). The van der Waals surface area contributed by atoms with Crippen LogP contribution in [0.4, 0.5) is 8.78 Å². The van der Waals surface area contributed by atoms with Crippen molar-refractivity contribution in [2.24, 2.45) is 0 Å². The Bertz CT molecular complexity index is 451. The van der Waals surface area contributed by atoms with Crippen LogP contribution in [0.25, 0.3) is 0 Å². The molecule has 98 valence electrons. The van der Waals surface area contributed by atoms with E-state index in [2.05, 4.69) is 0 Å². The van der Waals surface area contributed by atoms with Crippen molar-refractivity contribution in [1.29, 1.82) is 0 Å². The molecule has 1 unspecified atom stereocenters. The maximum Gasteiger partial charge on any atom is 0.179 e. The number of halogens is 2. The van der Waals surface area contributed by atoms with Crippen LogP contribution >= 0.6 is 0 Å². The fourth-order valence-electron chi connectivity index (χ4n) is 1.98. The van der Waals surface area contributed by atoms with Crippen LogP contribution in [0.5, 0.6) is 0 Å². The van der Waals surface area contributed by atoms with Gasteiger partial charge in [-0.3, -0.25) is 9.69 Å². The van der Waals surface area contributed by atoms with Crippen molar-refractivity contribution in [2.75, 3.05) is 26.3 Å². The van der Waals surface area contributed by atoms with E-state index in [1.54, 1.807) is 0 Å². The van der Waals surface area contributed by atoms with E-state index in [9.17, 15) is 13.6 Å². The molecule has 1 aliphatic heterocycles. The summed E-state index contributed by atoms with van der Waals surface area (Å²) in [5.74, 6) is -1.68. The highest BCUT2D eigenvalue weighted by Crippen LogP contribution is 2.13. The van der Waals surface area contributed by atoms with Gasteiger partial charge in [-0.2, -0.15) is 0 Å². The van der Waals surface area contributed by atoms with Crippen LogP contribution in [0.2, 0.25) is 0 Å². The van der Waals surface area contributed by atoms with E-state index >= 15 is 0 Å². The van der Waals surface area contributed by atoms with Gasteiger partial charge in [-0.25, -0.2) is 8.78 Å². The minimum Gasteiger partial charge on any atom is -0.379 e. The lowest BCUT2D eigenvalue weighted by atomic mass is 10.1. The van der Waals surface area contributed by atoms with Gasteiger partial charge in [0.1, 0.15) is 11.6 Å². The predicted octanol–water partition coefficient (Wildman–Crippen LogP) is 1.87. The van der Waals surface area contributed by atoms with Crippen molar-refractivity contribution >= 4 is 5.78 Å². The van der Waals surface area contributed by atoms with E-state index in [1.165, 1.54) is 0 Å². The van der Waals surface area contributed by atoms with Crippen molar-refractivity contribution in [3.8, 4) is 0 Å². The number of hydrogen-bond acceptors (Lipinski definition) is 3. The van der Waals surface area contributed by atoms with E-state index in [0.29, 0.717) is 19.8 Å². The lowest BCUT2D eigenvalue weighted by molar-refractivity contribution is 0.00195. The maximum atomic E-state index is 13.4. The number of morpholine rings is 1. The standard InChI is InChI=1S/C13H15F2NO2/c1-9-8-18-5-4-16(9)7-13(17)11-6-10(14)2-3-12(11)15/h2-3,6,9H,4-5,7-8H2,1H3. The zero-order chi connectivity index (χ0) is 13.1. The molecule has 0 aromatic heterocycles. The second-order valence-corrected chi connectivity index (χ2v) is 4.44. The summed E-state index contributed by atoms with van der Waals surface area (Å²) in [5.41, 5.74) is -0.186. The molecule has 18 heavy (non-hydrogen) atoms. The SMILES string of the molecule is CC1COCCN1CC(=O)c1cc(F)ccc1F. The topological polar surface area (TPSA) is 29.5 Å². The first-order valence-electron chi connectivity index (χ1n) is 5.88. The number of nitrogens with zero attached hydrogens (tertiary/aromatic N) is 1. The van der Waals surface area contributed by atoms with Crippen molar-refractivity contribution in [3.05, 3.63) is 35.4 Å². The van der Waals surface area contributed by atoms with Gasteiger partial charge >= 0.3 is 0 Å². The second kappa shape index (κ2) is 5.54. The number of Topliss-reactive ketones (excluding diaryl/α,β-unsaturated/α-hetero) is 1. The number of carbonyl (C=O) groups is 1. The predicted molar refractivity (Wildman–Crippen MR) is 62.5 cm³/mol. The monoisotopic (exact) mass is 255 g/mol. The fourth-order valence-corrected chi connectivity index (χ4v) is 1.98. The highest BCUT2D eigenvalue weighted by Gasteiger charge is 2.23. The second-order valence-electron chi connectivity index (χ2n) is 4.44. The molecule has 0 aliphatic carbocycles. The Morgan fingerprint density at radius 1 is 1.50 bits per heavy atom. The van der Waals surface area contributed by atoms with Crippen LogP contribution in [-0.2, 0) is 4.74 Å². The molecule has 1 atom stereocenters. The summed E-state index contributed by atoms with van der Waals surface area (Å²) in [6.07, 6.45) is 0. The zero-order valence-corrected chi connectivity index (χ0v) is 10.2. The number of ether oxygens (including phenoxy) is 1. The number of benzene rings is 1. The molecule has 1 heterocycles. The Balaban J connectivity index is 2.09. The van der Waals surface area contributed by atoms with Crippen molar-refractivity contribution in [2.45, 2.75) is 13.0 Å². The Kier molecular flexibility index (Phi) is 4.04. The molecular formula is C13H15F2NO2. The number of rotatable bonds is 3. The van der Waals surface area contributed by atoms with Gasteiger partial charge in [0.25, 0.3) is 0 Å². The summed E-state index contributed by atoms with van der Waals surface area (Å²) >= 11 is 0. The molecule has 0 saturated carbocycles. The highest BCUT2D eigenvalue weighted by molar-refractivity contribution is 5.97. The number of carbonyl (C=O) groups excluding carboxylic acids is 1. The van der Waals surface area contributed by atoms with Gasteiger partial charge < -0.3 is 4.74 Å². The van der Waals surface area contributed by atoms with Crippen LogP contribution in [0, 0.1) is 11.6 Å². The molecule has 1 aromatic carbocycles. The highest BCUT2D eigenvalue weighted by atomic mass is 19.1. The molecule has 5 heteroatoms. The minimum absolute atomic E-state index is 0.0882. The van der Waals surface area contributed by atoms with E-state index in [4.69, 9.17) is 4.74 Å². The van der Waals surface area contributed by atoms with Crippen molar-refractivity contribution in [3.63, 3.8) is 0 Å². The van der Waals surface area contributed by atoms with Crippen LogP contribution in [0.15, 0.2) is 18.2 Å². The van der Waals surface area contributed by atoms with Crippen LogP contribution < -0.4 is 0 Å². The first-order chi connectivity index (χ1) is 8.58. The Morgan fingerprint density at radius 2 is 2.28 bits per heavy atom. The quantitative estimate of drug-likeness (QED) is 0.772. The third kappa shape index (κ3) is 2.91. The van der Waals surface area contributed by atoms with Crippen LogP contribution in [-0.4, -0.2) is 43.0 Å². The Labute approximate surface area is 104 Å². The fraction of sp³-hybridized carbons (Fsp3) is 0.462. The van der Waals surface area contributed by atoms with E-state index in [1.807, 2.05) is 11.8 Å². The van der Waals surface area contributed by atoms with Gasteiger partial charge in [0.2, 0.25) is 0 Å². The normalized spacial score (nSPS) is 20.9. The summed E-state index contributed by atoms with van der Waals surface area (Å²) in [4.78, 5) is 13.9. The Morgan fingerprint density at radius 3 is 3.00 bits per heavy atom. The van der Waals surface area contributed by atoms with Gasteiger partial charge in [-0.15, -0.1) is 0 Å². The maximum absolute atomic E-state index is 13.4. The molecule has 1 aliphatic rings. The Hall–Kier alpha value is -1.33. The number of hydrogen-bond donors (Lipinski definition) is 0. The first-order valence-corrected chi connectivity index (χ1v) is 5.88. The average molecular weight is 255 g/mol. The van der Waals surface area contributed by atoms with Crippen molar-refractivity contribution in [1.82, 2.24) is 4.90 Å². The van der Waals surface area contributed by atoms with Crippen molar-refractivity contribution < 1.29 is 18.3 Å². The van der Waals surface area contributed by atoms with Gasteiger partial charge in [-0.05, 0) is 25.1 Å². The molecule has 1 saturated heterocycles. The average Bonchev–Trinajstić information content (AvgIpc) is 2.35. The molecule has 1 aromatic rings. The van der Waals surface area contributed by atoms with Gasteiger partial charge in [0, 0.05) is 12.6 Å². The molecule has 1 fully saturated rings. The third-order valence-corrected chi connectivity index (χ3v) is 3.08. The van der Waals surface area contributed by atoms with Crippen LogP contribution in [0.1, 0.15) is 17.3 Å². The molecule has 0 N–H and O–H groups in total. The molecule has 0 bridgehead atoms.